The van der Waals surface area contributed by atoms with Crippen molar-refractivity contribution in [2.45, 2.75) is 13.0 Å². The second-order valence-corrected chi connectivity index (χ2v) is 8.69. The van der Waals surface area contributed by atoms with E-state index in [1.54, 1.807) is 6.92 Å². The molecule has 30 heavy (non-hydrogen) atoms. The van der Waals surface area contributed by atoms with Crippen molar-refractivity contribution in [1.29, 1.82) is 0 Å². The van der Waals surface area contributed by atoms with Crippen LogP contribution in [0.15, 0.2) is 71.1 Å². The van der Waals surface area contributed by atoms with Crippen molar-refractivity contribution in [3.63, 3.8) is 0 Å². The minimum Gasteiger partial charge on any atom is -0.300 e. The highest BCUT2D eigenvalue weighted by Crippen LogP contribution is 2.31. The van der Waals surface area contributed by atoms with Gasteiger partial charge in [-0.2, -0.15) is 0 Å². The SMILES string of the molecule is CC(C(=O)Nc1nc2ccccc2s1)n1cnc2scc(-c3ccccc3)c2c1=O. The topological polar surface area (TPSA) is 76.9 Å². The van der Waals surface area contributed by atoms with E-state index in [4.69, 9.17) is 0 Å². The van der Waals surface area contributed by atoms with E-state index < -0.39 is 6.04 Å². The predicted molar refractivity (Wildman–Crippen MR) is 122 cm³/mol. The third-order valence-electron chi connectivity index (χ3n) is 4.92. The summed E-state index contributed by atoms with van der Waals surface area (Å²) in [4.78, 5) is 35.6. The maximum Gasteiger partial charge on any atom is 0.263 e. The third kappa shape index (κ3) is 3.20. The van der Waals surface area contributed by atoms with Gasteiger partial charge in [-0.15, -0.1) is 11.3 Å². The number of hydrogen-bond donors (Lipinski definition) is 1. The van der Waals surface area contributed by atoms with Gasteiger partial charge in [0.05, 0.1) is 21.9 Å². The lowest BCUT2D eigenvalue weighted by atomic mass is 10.1. The highest BCUT2D eigenvalue weighted by molar-refractivity contribution is 7.22. The van der Waals surface area contributed by atoms with Crippen LogP contribution in [0.25, 0.3) is 31.6 Å². The predicted octanol–water partition coefficient (Wildman–Crippen LogP) is 4.93. The number of carbonyl (C=O) groups excluding carboxylic acids is 1. The number of nitrogens with zero attached hydrogens (tertiary/aromatic N) is 3. The average molecular weight is 433 g/mol. The van der Waals surface area contributed by atoms with Crippen LogP contribution in [0.5, 0.6) is 0 Å². The summed E-state index contributed by atoms with van der Waals surface area (Å²) < 4.78 is 2.37. The van der Waals surface area contributed by atoms with Gasteiger partial charge in [-0.05, 0) is 24.6 Å². The molecule has 0 aliphatic heterocycles. The van der Waals surface area contributed by atoms with E-state index in [0.717, 1.165) is 21.3 Å². The molecule has 0 saturated heterocycles. The van der Waals surface area contributed by atoms with Crippen molar-refractivity contribution in [2.24, 2.45) is 0 Å². The molecule has 0 aliphatic carbocycles. The van der Waals surface area contributed by atoms with Gasteiger partial charge in [-0.1, -0.05) is 53.8 Å². The lowest BCUT2D eigenvalue weighted by Gasteiger charge is -2.14. The number of hydrogen-bond acceptors (Lipinski definition) is 6. The minimum atomic E-state index is -0.732. The fourth-order valence-electron chi connectivity index (χ4n) is 3.31. The number of benzene rings is 2. The number of rotatable bonds is 4. The number of amides is 1. The van der Waals surface area contributed by atoms with Crippen molar-refractivity contribution in [1.82, 2.24) is 14.5 Å². The number of para-hydroxylation sites is 1. The van der Waals surface area contributed by atoms with E-state index in [9.17, 15) is 9.59 Å². The molecular weight excluding hydrogens is 416 g/mol. The number of aromatic nitrogens is 3. The van der Waals surface area contributed by atoms with Gasteiger partial charge in [0, 0.05) is 10.9 Å². The average Bonchev–Trinajstić information content (AvgIpc) is 3.38. The summed E-state index contributed by atoms with van der Waals surface area (Å²) in [6, 6.07) is 16.7. The third-order valence-corrected chi connectivity index (χ3v) is 6.76. The van der Waals surface area contributed by atoms with Crippen molar-refractivity contribution in [3.05, 3.63) is 76.7 Å². The number of fused-ring (bicyclic) bond motifs is 2. The van der Waals surface area contributed by atoms with E-state index in [1.807, 2.05) is 60.0 Å². The Labute approximate surface area is 179 Å². The Balaban J connectivity index is 1.49. The standard InChI is InChI=1S/C22H16N4O2S2/c1-13(19(27)25-22-24-16-9-5-6-10-17(16)30-22)26-12-23-20-18(21(26)28)15(11-29-20)14-7-3-2-4-8-14/h2-13H,1H3,(H,24,25,27). The molecule has 2 aromatic carbocycles. The van der Waals surface area contributed by atoms with Gasteiger partial charge >= 0.3 is 0 Å². The van der Waals surface area contributed by atoms with Crippen LogP contribution < -0.4 is 10.9 Å². The van der Waals surface area contributed by atoms with Crippen LogP contribution >= 0.6 is 22.7 Å². The molecule has 1 amide bonds. The zero-order valence-corrected chi connectivity index (χ0v) is 17.5. The Morgan fingerprint density at radius 1 is 1.10 bits per heavy atom. The van der Waals surface area contributed by atoms with E-state index >= 15 is 0 Å². The summed E-state index contributed by atoms with van der Waals surface area (Å²) in [7, 11) is 0. The van der Waals surface area contributed by atoms with Gasteiger partial charge in [0.25, 0.3) is 5.56 Å². The Bertz CT molecular complexity index is 1400. The molecule has 1 atom stereocenters. The molecule has 3 heterocycles. The van der Waals surface area contributed by atoms with Crippen LogP contribution in [0, 0.1) is 0 Å². The molecule has 6 nitrogen and oxygen atoms in total. The highest BCUT2D eigenvalue weighted by Gasteiger charge is 2.21. The molecular formula is C22H16N4O2S2. The van der Waals surface area contributed by atoms with Crippen LogP contribution in [-0.2, 0) is 4.79 Å². The molecule has 1 N–H and O–H groups in total. The number of nitrogens with one attached hydrogen (secondary N) is 1. The van der Waals surface area contributed by atoms with Gasteiger partial charge in [0.15, 0.2) is 5.13 Å². The largest absolute Gasteiger partial charge is 0.300 e. The molecule has 0 bridgehead atoms. The summed E-state index contributed by atoms with van der Waals surface area (Å²) in [5.74, 6) is -0.311. The van der Waals surface area contributed by atoms with Crippen molar-refractivity contribution in [2.75, 3.05) is 5.32 Å². The van der Waals surface area contributed by atoms with Gasteiger partial charge in [0.2, 0.25) is 5.91 Å². The molecule has 0 aliphatic rings. The zero-order valence-electron chi connectivity index (χ0n) is 15.9. The lowest BCUT2D eigenvalue weighted by molar-refractivity contribution is -0.118. The summed E-state index contributed by atoms with van der Waals surface area (Å²) in [6.07, 6.45) is 1.44. The first-order chi connectivity index (χ1) is 14.6. The van der Waals surface area contributed by atoms with Crippen molar-refractivity contribution in [3.8, 4) is 11.1 Å². The van der Waals surface area contributed by atoms with E-state index in [-0.39, 0.29) is 11.5 Å². The first-order valence-corrected chi connectivity index (χ1v) is 11.0. The second-order valence-electron chi connectivity index (χ2n) is 6.80. The van der Waals surface area contributed by atoms with E-state index in [1.165, 1.54) is 33.6 Å². The zero-order chi connectivity index (χ0) is 20.7. The van der Waals surface area contributed by atoms with Crippen molar-refractivity contribution >= 4 is 54.1 Å². The van der Waals surface area contributed by atoms with Crippen LogP contribution in [0.4, 0.5) is 5.13 Å². The molecule has 8 heteroatoms. The molecule has 5 rings (SSSR count). The minimum absolute atomic E-state index is 0.230. The van der Waals surface area contributed by atoms with Crippen LogP contribution in [0.3, 0.4) is 0 Å². The molecule has 148 valence electrons. The molecule has 5 aromatic rings. The maximum atomic E-state index is 13.3. The van der Waals surface area contributed by atoms with Crippen LogP contribution in [0.2, 0.25) is 0 Å². The Hall–Kier alpha value is -3.36. The molecule has 0 radical (unpaired) electrons. The molecule has 0 fully saturated rings. The first kappa shape index (κ1) is 18.7. The Morgan fingerprint density at radius 3 is 2.67 bits per heavy atom. The molecule has 1 unspecified atom stereocenters. The number of thiazole rings is 1. The normalized spacial score (nSPS) is 12.3. The lowest BCUT2D eigenvalue weighted by Crippen LogP contribution is -2.31. The maximum absolute atomic E-state index is 13.3. The quantitative estimate of drug-likeness (QED) is 0.437. The fraction of sp³-hybridized carbons (Fsp3) is 0.0909. The summed E-state index contributed by atoms with van der Waals surface area (Å²) in [6.45, 7) is 1.69. The molecule has 0 saturated carbocycles. The van der Waals surface area contributed by atoms with E-state index in [0.29, 0.717) is 15.3 Å². The summed E-state index contributed by atoms with van der Waals surface area (Å²) in [5.41, 5.74) is 2.39. The molecule has 0 spiro atoms. The fourth-order valence-corrected chi connectivity index (χ4v) is 5.09. The van der Waals surface area contributed by atoms with Crippen LogP contribution in [-0.4, -0.2) is 20.4 Å². The second kappa shape index (κ2) is 7.47. The van der Waals surface area contributed by atoms with E-state index in [2.05, 4.69) is 15.3 Å². The Kier molecular flexibility index (Phi) is 4.65. The smallest absolute Gasteiger partial charge is 0.263 e. The number of thiophene rings is 1. The number of carbonyl (C=O) groups is 1. The Morgan fingerprint density at radius 2 is 1.87 bits per heavy atom. The highest BCUT2D eigenvalue weighted by atomic mass is 32.1. The molecule has 3 aromatic heterocycles. The summed E-state index contributed by atoms with van der Waals surface area (Å²) >= 11 is 2.83. The van der Waals surface area contributed by atoms with Crippen molar-refractivity contribution < 1.29 is 4.79 Å². The monoisotopic (exact) mass is 432 g/mol. The number of anilines is 1. The first-order valence-electron chi connectivity index (χ1n) is 9.32. The van der Waals surface area contributed by atoms with Gasteiger partial charge in [-0.25, -0.2) is 9.97 Å². The van der Waals surface area contributed by atoms with Gasteiger partial charge in [-0.3, -0.25) is 14.2 Å². The van der Waals surface area contributed by atoms with Gasteiger partial charge < -0.3 is 5.32 Å². The summed E-state index contributed by atoms with van der Waals surface area (Å²) in [5, 5.41) is 5.81. The van der Waals surface area contributed by atoms with Crippen LogP contribution in [0.1, 0.15) is 13.0 Å². The van der Waals surface area contributed by atoms with Gasteiger partial charge in [0.1, 0.15) is 10.9 Å².